The SMILES string of the molecule is Cc1nc(Cn2nc(C(F)(F)F)cc2C(F)(F)F)ccc1NC(=O)c1cccc(I)c1C(=O)N[C@@H](C)CS(C)=O. The molecular formula is C24H22F6IN5O3S. The number of hydrogen-bond acceptors (Lipinski definition) is 5. The van der Waals surface area contributed by atoms with Gasteiger partial charge in [0.25, 0.3) is 11.8 Å². The van der Waals surface area contributed by atoms with Gasteiger partial charge in [-0.05, 0) is 60.7 Å². The summed E-state index contributed by atoms with van der Waals surface area (Å²) in [5.41, 5.74) is -2.84. The van der Waals surface area contributed by atoms with Crippen LogP contribution >= 0.6 is 22.6 Å². The molecule has 2 atom stereocenters. The van der Waals surface area contributed by atoms with Gasteiger partial charge in [-0.1, -0.05) is 6.07 Å². The first-order chi connectivity index (χ1) is 18.5. The molecule has 0 aliphatic heterocycles. The van der Waals surface area contributed by atoms with Crippen LogP contribution in [0.25, 0.3) is 0 Å². The molecule has 16 heteroatoms. The van der Waals surface area contributed by atoms with Gasteiger partial charge in [0.1, 0.15) is 5.69 Å². The lowest BCUT2D eigenvalue weighted by Crippen LogP contribution is -2.37. The summed E-state index contributed by atoms with van der Waals surface area (Å²) in [6.45, 7) is 2.42. The van der Waals surface area contributed by atoms with Crippen molar-refractivity contribution in [2.24, 2.45) is 0 Å². The Labute approximate surface area is 240 Å². The van der Waals surface area contributed by atoms with Crippen molar-refractivity contribution < 1.29 is 40.1 Å². The van der Waals surface area contributed by atoms with Crippen molar-refractivity contribution in [1.82, 2.24) is 20.1 Å². The Bertz CT molecular complexity index is 1460. The number of rotatable bonds is 8. The topological polar surface area (TPSA) is 106 Å². The summed E-state index contributed by atoms with van der Waals surface area (Å²) >= 11 is 1.90. The average Bonchev–Trinajstić information content (AvgIpc) is 3.25. The van der Waals surface area contributed by atoms with Gasteiger partial charge in [-0.15, -0.1) is 0 Å². The molecule has 2 N–H and O–H groups in total. The van der Waals surface area contributed by atoms with Crippen LogP contribution in [0.3, 0.4) is 0 Å². The molecule has 0 aliphatic carbocycles. The molecule has 3 rings (SSSR count). The van der Waals surface area contributed by atoms with E-state index < -0.39 is 58.9 Å². The molecule has 2 aromatic heterocycles. The molecule has 1 aromatic carbocycles. The van der Waals surface area contributed by atoms with Gasteiger partial charge in [0.15, 0.2) is 5.69 Å². The summed E-state index contributed by atoms with van der Waals surface area (Å²) < 4.78 is 90.9. The molecule has 0 fully saturated rings. The van der Waals surface area contributed by atoms with E-state index in [4.69, 9.17) is 0 Å². The van der Waals surface area contributed by atoms with E-state index in [2.05, 4.69) is 20.7 Å². The number of carbonyl (C=O) groups excluding carboxylic acids is 2. The molecule has 0 saturated heterocycles. The third-order valence-corrected chi connectivity index (χ3v) is 7.28. The Morgan fingerprint density at radius 2 is 1.75 bits per heavy atom. The molecule has 1 unspecified atom stereocenters. The van der Waals surface area contributed by atoms with Gasteiger partial charge in [-0.25, -0.2) is 0 Å². The van der Waals surface area contributed by atoms with Gasteiger partial charge < -0.3 is 10.6 Å². The normalized spacial score (nSPS) is 13.6. The Morgan fingerprint density at radius 3 is 2.33 bits per heavy atom. The van der Waals surface area contributed by atoms with E-state index >= 15 is 0 Å². The number of nitrogens with one attached hydrogen (secondary N) is 2. The van der Waals surface area contributed by atoms with Gasteiger partial charge in [0.2, 0.25) is 0 Å². The number of amides is 2. The molecule has 8 nitrogen and oxygen atoms in total. The lowest BCUT2D eigenvalue weighted by Gasteiger charge is -2.16. The number of hydrogen-bond donors (Lipinski definition) is 2. The van der Waals surface area contributed by atoms with Crippen molar-refractivity contribution in [3.8, 4) is 0 Å². The molecule has 0 saturated carbocycles. The number of carbonyl (C=O) groups is 2. The van der Waals surface area contributed by atoms with Crippen LogP contribution in [0, 0.1) is 10.5 Å². The lowest BCUT2D eigenvalue weighted by atomic mass is 10.1. The summed E-state index contributed by atoms with van der Waals surface area (Å²) in [4.78, 5) is 30.2. The zero-order chi connectivity index (χ0) is 30.0. The second kappa shape index (κ2) is 12.2. The molecular weight excluding hydrogens is 679 g/mol. The monoisotopic (exact) mass is 701 g/mol. The lowest BCUT2D eigenvalue weighted by molar-refractivity contribution is -0.144. The zero-order valence-electron chi connectivity index (χ0n) is 21.1. The maximum atomic E-state index is 13.3. The van der Waals surface area contributed by atoms with E-state index in [1.54, 1.807) is 19.1 Å². The van der Waals surface area contributed by atoms with Crippen molar-refractivity contribution >= 4 is 50.9 Å². The summed E-state index contributed by atoms with van der Waals surface area (Å²) in [5, 5.41) is 8.37. The standard InChI is InChI=1S/C24H22F6IN5O3S/c1-12(11-40(3)39)32-22(38)20-15(5-4-6-16(20)31)21(37)34-17-8-7-14(33-13(17)2)10-36-19(24(28,29)30)9-18(35-36)23(25,26)27/h4-9,12H,10-11H2,1-3H3,(H,32,38)(H,34,37)/t12-,40?/m0/s1. The molecule has 0 spiro atoms. The van der Waals surface area contributed by atoms with Crippen LogP contribution in [-0.2, 0) is 29.7 Å². The van der Waals surface area contributed by atoms with Crippen molar-refractivity contribution in [3.05, 3.63) is 73.9 Å². The third kappa shape index (κ3) is 7.80. The van der Waals surface area contributed by atoms with Crippen LogP contribution in [-0.4, -0.2) is 48.8 Å². The molecule has 0 aliphatic rings. The van der Waals surface area contributed by atoms with Crippen molar-refractivity contribution in [1.29, 1.82) is 0 Å². The largest absolute Gasteiger partial charge is 0.435 e. The number of nitrogens with zero attached hydrogens (tertiary/aromatic N) is 3. The summed E-state index contributed by atoms with van der Waals surface area (Å²) in [5.74, 6) is -1.00. The maximum absolute atomic E-state index is 13.3. The van der Waals surface area contributed by atoms with Crippen LogP contribution in [0.2, 0.25) is 0 Å². The molecule has 2 heterocycles. The fourth-order valence-electron chi connectivity index (χ4n) is 3.71. The first-order valence-corrected chi connectivity index (χ1v) is 14.2. The van der Waals surface area contributed by atoms with Crippen LogP contribution in [0.15, 0.2) is 36.4 Å². The molecule has 216 valence electrons. The van der Waals surface area contributed by atoms with Gasteiger partial charge in [-0.2, -0.15) is 31.4 Å². The highest BCUT2D eigenvalue weighted by atomic mass is 127. The Morgan fingerprint density at radius 1 is 1.07 bits per heavy atom. The van der Waals surface area contributed by atoms with Gasteiger partial charge in [-0.3, -0.25) is 23.5 Å². The van der Waals surface area contributed by atoms with Crippen molar-refractivity contribution in [2.45, 2.75) is 38.8 Å². The van der Waals surface area contributed by atoms with Gasteiger partial charge in [0, 0.05) is 38.5 Å². The van der Waals surface area contributed by atoms with E-state index in [1.807, 2.05) is 22.6 Å². The number of pyridine rings is 1. The minimum Gasteiger partial charge on any atom is -0.349 e. The van der Waals surface area contributed by atoms with E-state index in [0.29, 0.717) is 3.57 Å². The van der Waals surface area contributed by atoms with Crippen LogP contribution in [0.5, 0.6) is 0 Å². The Kier molecular flexibility index (Phi) is 9.64. The molecule has 0 radical (unpaired) electrons. The van der Waals surface area contributed by atoms with Crippen molar-refractivity contribution in [2.75, 3.05) is 17.3 Å². The fraction of sp³-hybridized carbons (Fsp3) is 0.333. The predicted octanol–water partition coefficient (Wildman–Crippen LogP) is 5.03. The Balaban J connectivity index is 1.84. The summed E-state index contributed by atoms with van der Waals surface area (Å²) in [6.07, 6.45) is -8.65. The first-order valence-electron chi connectivity index (χ1n) is 11.4. The second-order valence-electron chi connectivity index (χ2n) is 8.73. The number of aromatic nitrogens is 3. The molecule has 0 bridgehead atoms. The highest BCUT2D eigenvalue weighted by molar-refractivity contribution is 14.1. The highest BCUT2D eigenvalue weighted by Crippen LogP contribution is 2.35. The minimum atomic E-state index is -5.08. The second-order valence-corrected chi connectivity index (χ2v) is 11.4. The van der Waals surface area contributed by atoms with Gasteiger partial charge >= 0.3 is 12.4 Å². The highest BCUT2D eigenvalue weighted by Gasteiger charge is 2.42. The van der Waals surface area contributed by atoms with Crippen LogP contribution in [0.1, 0.15) is 50.4 Å². The van der Waals surface area contributed by atoms with E-state index in [1.165, 1.54) is 31.4 Å². The first kappa shape index (κ1) is 31.5. The number of anilines is 1. The average molecular weight is 701 g/mol. The summed E-state index contributed by atoms with van der Waals surface area (Å²) in [6, 6.07) is 6.72. The van der Waals surface area contributed by atoms with E-state index in [9.17, 15) is 40.1 Å². The molecule has 40 heavy (non-hydrogen) atoms. The predicted molar refractivity (Wildman–Crippen MR) is 143 cm³/mol. The van der Waals surface area contributed by atoms with E-state index in [-0.39, 0.29) is 44.7 Å². The number of benzene rings is 1. The minimum absolute atomic E-state index is 0.0312. The van der Waals surface area contributed by atoms with Crippen LogP contribution < -0.4 is 10.6 Å². The maximum Gasteiger partial charge on any atom is 0.435 e. The summed E-state index contributed by atoms with van der Waals surface area (Å²) in [7, 11) is -1.16. The zero-order valence-corrected chi connectivity index (χ0v) is 24.1. The molecule has 3 aromatic rings. The fourth-order valence-corrected chi connectivity index (χ4v) is 5.24. The van der Waals surface area contributed by atoms with Crippen LogP contribution in [0.4, 0.5) is 32.0 Å². The van der Waals surface area contributed by atoms with Gasteiger partial charge in [0.05, 0.1) is 34.7 Å². The third-order valence-electron chi connectivity index (χ3n) is 5.41. The Hall–Kier alpha value is -3.02. The van der Waals surface area contributed by atoms with E-state index in [0.717, 1.165) is 0 Å². The number of alkyl halides is 6. The quantitative estimate of drug-likeness (QED) is 0.254. The molecule has 2 amide bonds. The van der Waals surface area contributed by atoms with Crippen molar-refractivity contribution in [3.63, 3.8) is 0 Å². The number of aryl methyl sites for hydroxylation is 1. The smallest absolute Gasteiger partial charge is 0.349 e. The number of halogens is 7.